The number of ether oxygens (including phenoxy) is 1. The number of nitrogens with one attached hydrogen (secondary N) is 1. The Morgan fingerprint density at radius 1 is 1.41 bits per heavy atom. The smallest absolute Gasteiger partial charge is 0.0547 e. The van der Waals surface area contributed by atoms with Crippen LogP contribution in [0.3, 0.4) is 0 Å². The topological polar surface area (TPSA) is 27.7 Å². The van der Waals surface area contributed by atoms with Gasteiger partial charge < -0.3 is 15.0 Å². The summed E-state index contributed by atoms with van der Waals surface area (Å²) in [6.45, 7) is 10.0. The van der Waals surface area contributed by atoms with Crippen molar-refractivity contribution in [2.75, 3.05) is 60.0 Å². The molecule has 17 heavy (non-hydrogen) atoms. The zero-order chi connectivity index (χ0) is 12.3. The average Bonchev–Trinajstić information content (AvgIpc) is 2.73. The van der Waals surface area contributed by atoms with E-state index in [1.165, 1.54) is 32.6 Å². The van der Waals surface area contributed by atoms with Crippen molar-refractivity contribution in [3.8, 4) is 0 Å². The zero-order valence-electron chi connectivity index (χ0n) is 11.5. The lowest BCUT2D eigenvalue weighted by Gasteiger charge is -2.41. The van der Waals surface area contributed by atoms with E-state index in [1.807, 2.05) is 7.05 Å². The third kappa shape index (κ3) is 3.19. The van der Waals surface area contributed by atoms with Gasteiger partial charge in [0.25, 0.3) is 0 Å². The fourth-order valence-corrected chi connectivity index (χ4v) is 3.09. The molecule has 0 aliphatic carbocycles. The van der Waals surface area contributed by atoms with Gasteiger partial charge in [-0.15, -0.1) is 0 Å². The minimum absolute atomic E-state index is 0.352. The van der Waals surface area contributed by atoms with Crippen LogP contribution in [0.5, 0.6) is 0 Å². The van der Waals surface area contributed by atoms with Crippen LogP contribution in [0, 0.1) is 5.41 Å². The van der Waals surface area contributed by atoms with Crippen molar-refractivity contribution in [3.63, 3.8) is 0 Å². The van der Waals surface area contributed by atoms with Crippen molar-refractivity contribution < 1.29 is 4.74 Å². The second kappa shape index (κ2) is 5.65. The van der Waals surface area contributed by atoms with E-state index in [9.17, 15) is 0 Å². The highest BCUT2D eigenvalue weighted by Crippen LogP contribution is 2.29. The van der Waals surface area contributed by atoms with Gasteiger partial charge in [0, 0.05) is 50.8 Å². The molecule has 2 atom stereocenters. The molecule has 2 aliphatic rings. The van der Waals surface area contributed by atoms with Crippen molar-refractivity contribution in [2.45, 2.75) is 19.4 Å². The van der Waals surface area contributed by atoms with Crippen LogP contribution in [0.1, 0.15) is 13.3 Å². The standard InChI is InChI=1S/C13H27N3O/c1-12-8-16(6-5-15(12)3)10-13(9-14-2)4-7-17-11-13/h12,14H,4-11H2,1-3H3. The lowest BCUT2D eigenvalue weighted by Crippen LogP contribution is -2.54. The van der Waals surface area contributed by atoms with Crippen LogP contribution >= 0.6 is 0 Å². The minimum Gasteiger partial charge on any atom is -0.381 e. The lowest BCUT2D eigenvalue weighted by atomic mass is 9.86. The Morgan fingerprint density at radius 3 is 2.82 bits per heavy atom. The van der Waals surface area contributed by atoms with E-state index in [-0.39, 0.29) is 0 Å². The summed E-state index contributed by atoms with van der Waals surface area (Å²) in [5.41, 5.74) is 0.352. The summed E-state index contributed by atoms with van der Waals surface area (Å²) in [4.78, 5) is 5.07. The first-order chi connectivity index (χ1) is 8.15. The predicted octanol–water partition coefficient (Wildman–Crippen LogP) is 0.248. The summed E-state index contributed by atoms with van der Waals surface area (Å²) < 4.78 is 5.63. The van der Waals surface area contributed by atoms with Crippen molar-refractivity contribution in [3.05, 3.63) is 0 Å². The highest BCUT2D eigenvalue weighted by atomic mass is 16.5. The summed E-state index contributed by atoms with van der Waals surface area (Å²) in [7, 11) is 4.27. The predicted molar refractivity (Wildman–Crippen MR) is 70.3 cm³/mol. The maximum Gasteiger partial charge on any atom is 0.0547 e. The molecule has 2 fully saturated rings. The van der Waals surface area contributed by atoms with Crippen LogP contribution in [0.2, 0.25) is 0 Å². The maximum atomic E-state index is 5.63. The maximum absolute atomic E-state index is 5.63. The Labute approximate surface area is 105 Å². The molecule has 0 radical (unpaired) electrons. The first-order valence-corrected chi connectivity index (χ1v) is 6.80. The molecule has 0 saturated carbocycles. The molecule has 4 nitrogen and oxygen atoms in total. The van der Waals surface area contributed by atoms with E-state index in [0.717, 1.165) is 19.8 Å². The lowest BCUT2D eigenvalue weighted by molar-refractivity contribution is 0.0563. The Balaban J connectivity index is 1.90. The SMILES string of the molecule is CNCC1(CN2CCN(C)C(C)C2)CCOC1. The van der Waals surface area contributed by atoms with Crippen molar-refractivity contribution >= 4 is 0 Å². The summed E-state index contributed by atoms with van der Waals surface area (Å²) in [5, 5.41) is 3.34. The molecular formula is C13H27N3O. The van der Waals surface area contributed by atoms with E-state index in [0.29, 0.717) is 11.5 Å². The number of piperazine rings is 1. The summed E-state index contributed by atoms with van der Waals surface area (Å²) in [6.07, 6.45) is 1.20. The fourth-order valence-electron chi connectivity index (χ4n) is 3.09. The van der Waals surface area contributed by atoms with Gasteiger partial charge in [-0.05, 0) is 27.4 Å². The first kappa shape index (κ1) is 13.3. The molecular weight excluding hydrogens is 214 g/mol. The van der Waals surface area contributed by atoms with Crippen molar-refractivity contribution in [1.82, 2.24) is 15.1 Å². The van der Waals surface area contributed by atoms with Gasteiger partial charge in [-0.2, -0.15) is 0 Å². The van der Waals surface area contributed by atoms with Gasteiger partial charge in [0.2, 0.25) is 0 Å². The Morgan fingerprint density at radius 2 is 2.24 bits per heavy atom. The largest absolute Gasteiger partial charge is 0.381 e. The number of hydrogen-bond donors (Lipinski definition) is 1. The zero-order valence-corrected chi connectivity index (χ0v) is 11.5. The van der Waals surface area contributed by atoms with Gasteiger partial charge in [-0.3, -0.25) is 4.90 Å². The molecule has 0 amide bonds. The molecule has 2 aliphatic heterocycles. The highest BCUT2D eigenvalue weighted by Gasteiger charge is 2.37. The van der Waals surface area contributed by atoms with E-state index in [4.69, 9.17) is 4.74 Å². The molecule has 1 N–H and O–H groups in total. The molecule has 0 aromatic rings. The molecule has 2 heterocycles. The van der Waals surface area contributed by atoms with Crippen molar-refractivity contribution in [2.24, 2.45) is 5.41 Å². The Hall–Kier alpha value is -0.160. The van der Waals surface area contributed by atoms with E-state index in [2.05, 4.69) is 29.1 Å². The van der Waals surface area contributed by atoms with Gasteiger partial charge in [-0.25, -0.2) is 0 Å². The van der Waals surface area contributed by atoms with Crippen molar-refractivity contribution in [1.29, 1.82) is 0 Å². The van der Waals surface area contributed by atoms with Gasteiger partial charge in [0.05, 0.1) is 6.61 Å². The summed E-state index contributed by atoms with van der Waals surface area (Å²) >= 11 is 0. The highest BCUT2D eigenvalue weighted by molar-refractivity contribution is 4.90. The van der Waals surface area contributed by atoms with Crippen LogP contribution in [0.25, 0.3) is 0 Å². The van der Waals surface area contributed by atoms with E-state index < -0.39 is 0 Å². The molecule has 2 saturated heterocycles. The van der Waals surface area contributed by atoms with Crippen LogP contribution in [-0.4, -0.2) is 75.9 Å². The van der Waals surface area contributed by atoms with Gasteiger partial charge in [0.1, 0.15) is 0 Å². The summed E-state index contributed by atoms with van der Waals surface area (Å²) in [6, 6.07) is 0.678. The van der Waals surface area contributed by atoms with Gasteiger partial charge >= 0.3 is 0 Å². The molecule has 0 bridgehead atoms. The van der Waals surface area contributed by atoms with Gasteiger partial charge in [0.15, 0.2) is 0 Å². The Kier molecular flexibility index (Phi) is 4.42. The second-order valence-electron chi connectivity index (χ2n) is 5.90. The van der Waals surface area contributed by atoms with Crippen LogP contribution in [-0.2, 0) is 4.74 Å². The van der Waals surface area contributed by atoms with Gasteiger partial charge in [-0.1, -0.05) is 0 Å². The monoisotopic (exact) mass is 241 g/mol. The fraction of sp³-hybridized carbons (Fsp3) is 1.00. The molecule has 2 rings (SSSR count). The van der Waals surface area contributed by atoms with Crippen LogP contribution in [0.15, 0.2) is 0 Å². The third-order valence-corrected chi connectivity index (χ3v) is 4.34. The molecule has 4 heteroatoms. The van der Waals surface area contributed by atoms with E-state index in [1.54, 1.807) is 0 Å². The van der Waals surface area contributed by atoms with Crippen LogP contribution < -0.4 is 5.32 Å². The first-order valence-electron chi connectivity index (χ1n) is 6.80. The number of hydrogen-bond acceptors (Lipinski definition) is 4. The minimum atomic E-state index is 0.352. The van der Waals surface area contributed by atoms with E-state index >= 15 is 0 Å². The third-order valence-electron chi connectivity index (χ3n) is 4.34. The number of nitrogens with zero attached hydrogens (tertiary/aromatic N) is 2. The molecule has 0 aromatic carbocycles. The number of likely N-dealkylation sites (N-methyl/N-ethyl adjacent to an activating group) is 1. The Bertz CT molecular complexity index is 241. The normalized spacial score (nSPS) is 36.5. The molecule has 100 valence electrons. The number of rotatable bonds is 4. The average molecular weight is 241 g/mol. The summed E-state index contributed by atoms with van der Waals surface area (Å²) in [5.74, 6) is 0. The molecule has 0 spiro atoms. The molecule has 0 aromatic heterocycles. The second-order valence-corrected chi connectivity index (χ2v) is 5.90. The van der Waals surface area contributed by atoms with Crippen LogP contribution in [0.4, 0.5) is 0 Å². The molecule has 2 unspecified atom stereocenters. The quantitative estimate of drug-likeness (QED) is 0.763.